The van der Waals surface area contributed by atoms with Gasteiger partial charge in [-0.15, -0.1) is 0 Å². The molecular weight excluding hydrogens is 180 g/mol. The number of ketones is 1. The summed E-state index contributed by atoms with van der Waals surface area (Å²) >= 11 is 0. The van der Waals surface area contributed by atoms with E-state index in [1.165, 1.54) is 6.92 Å². The Hall–Kier alpha value is -1.84. The molecule has 0 aromatic carbocycles. The lowest BCUT2D eigenvalue weighted by Crippen LogP contribution is -2.01. The van der Waals surface area contributed by atoms with Gasteiger partial charge in [-0.3, -0.25) is 4.79 Å². The van der Waals surface area contributed by atoms with Crippen molar-refractivity contribution < 1.29 is 9.90 Å². The van der Waals surface area contributed by atoms with Gasteiger partial charge in [0.25, 0.3) is 0 Å². The maximum Gasteiger partial charge on any atom is 0.137 e. The van der Waals surface area contributed by atoms with Gasteiger partial charge in [-0.25, -0.2) is 4.98 Å². The fourth-order valence-corrected chi connectivity index (χ4v) is 1.40. The summed E-state index contributed by atoms with van der Waals surface area (Å²) in [5, 5.41) is 9.21. The molecule has 2 aromatic rings. The first kappa shape index (κ1) is 8.74. The van der Waals surface area contributed by atoms with Crippen LogP contribution in [0, 0.1) is 0 Å². The standard InChI is InChI=1S/C10H10N2O2/c1-7(13)4-10-11-6-8-5-9(14)2-3-12(8)10/h2-3,5-6,14H,4H2,1H3. The Labute approximate surface area is 80.8 Å². The van der Waals surface area contributed by atoms with Gasteiger partial charge in [-0.2, -0.15) is 0 Å². The lowest BCUT2D eigenvalue weighted by molar-refractivity contribution is -0.116. The quantitative estimate of drug-likeness (QED) is 0.773. The number of imidazole rings is 1. The van der Waals surface area contributed by atoms with Gasteiger partial charge in [0.15, 0.2) is 0 Å². The Morgan fingerprint density at radius 2 is 2.43 bits per heavy atom. The lowest BCUT2D eigenvalue weighted by Gasteiger charge is -1.98. The zero-order valence-electron chi connectivity index (χ0n) is 7.77. The van der Waals surface area contributed by atoms with Crippen LogP contribution in [0.25, 0.3) is 5.52 Å². The second-order valence-corrected chi connectivity index (χ2v) is 3.23. The molecule has 0 unspecified atom stereocenters. The molecule has 0 bridgehead atoms. The maximum atomic E-state index is 10.9. The van der Waals surface area contributed by atoms with Gasteiger partial charge in [0.05, 0.1) is 18.1 Å². The second-order valence-electron chi connectivity index (χ2n) is 3.23. The number of aromatic hydroxyl groups is 1. The van der Waals surface area contributed by atoms with Crippen molar-refractivity contribution in [1.29, 1.82) is 0 Å². The van der Waals surface area contributed by atoms with Gasteiger partial charge in [-0.1, -0.05) is 0 Å². The molecular formula is C10H10N2O2. The van der Waals surface area contributed by atoms with Crippen LogP contribution in [0.15, 0.2) is 24.5 Å². The number of Topliss-reactive ketones (excluding diaryl/α,β-unsaturated/α-hetero) is 1. The lowest BCUT2D eigenvalue weighted by atomic mass is 10.3. The van der Waals surface area contributed by atoms with Crippen LogP contribution in [0.2, 0.25) is 0 Å². The number of nitrogens with zero attached hydrogens (tertiary/aromatic N) is 2. The smallest absolute Gasteiger partial charge is 0.137 e. The zero-order chi connectivity index (χ0) is 10.1. The predicted molar refractivity (Wildman–Crippen MR) is 51.2 cm³/mol. The van der Waals surface area contributed by atoms with Gasteiger partial charge in [0.1, 0.15) is 17.4 Å². The van der Waals surface area contributed by atoms with E-state index in [2.05, 4.69) is 4.98 Å². The molecule has 0 fully saturated rings. The Balaban J connectivity index is 2.52. The second kappa shape index (κ2) is 3.14. The summed E-state index contributed by atoms with van der Waals surface area (Å²) in [7, 11) is 0. The number of hydrogen-bond donors (Lipinski definition) is 1. The van der Waals surface area contributed by atoms with Crippen molar-refractivity contribution in [2.24, 2.45) is 0 Å². The largest absolute Gasteiger partial charge is 0.508 e. The topological polar surface area (TPSA) is 54.6 Å². The van der Waals surface area contributed by atoms with E-state index in [4.69, 9.17) is 0 Å². The molecule has 2 aromatic heterocycles. The third-order valence-electron chi connectivity index (χ3n) is 2.00. The van der Waals surface area contributed by atoms with Crippen molar-refractivity contribution in [2.45, 2.75) is 13.3 Å². The summed E-state index contributed by atoms with van der Waals surface area (Å²) in [6.07, 6.45) is 3.66. The number of hydrogen-bond acceptors (Lipinski definition) is 3. The van der Waals surface area contributed by atoms with E-state index < -0.39 is 0 Å². The third-order valence-corrected chi connectivity index (χ3v) is 2.00. The molecule has 14 heavy (non-hydrogen) atoms. The number of rotatable bonds is 2. The van der Waals surface area contributed by atoms with E-state index in [9.17, 15) is 9.90 Å². The fraction of sp³-hybridized carbons (Fsp3) is 0.200. The summed E-state index contributed by atoms with van der Waals surface area (Å²) in [5.74, 6) is 0.977. The molecule has 0 aliphatic heterocycles. The summed E-state index contributed by atoms with van der Waals surface area (Å²) in [6, 6.07) is 3.18. The monoisotopic (exact) mass is 190 g/mol. The van der Waals surface area contributed by atoms with Crippen LogP contribution in [0.5, 0.6) is 5.75 Å². The van der Waals surface area contributed by atoms with E-state index in [1.807, 2.05) is 0 Å². The van der Waals surface area contributed by atoms with Crippen molar-refractivity contribution in [3.05, 3.63) is 30.4 Å². The molecule has 0 saturated carbocycles. The number of fused-ring (bicyclic) bond motifs is 1. The van der Waals surface area contributed by atoms with Crippen LogP contribution in [-0.4, -0.2) is 20.3 Å². The Bertz CT molecular complexity index is 488. The first-order valence-corrected chi connectivity index (χ1v) is 4.31. The van der Waals surface area contributed by atoms with E-state index in [0.717, 1.165) is 5.52 Å². The van der Waals surface area contributed by atoms with Crippen LogP contribution < -0.4 is 0 Å². The normalized spacial score (nSPS) is 10.6. The van der Waals surface area contributed by atoms with Crippen LogP contribution >= 0.6 is 0 Å². The summed E-state index contributed by atoms with van der Waals surface area (Å²) in [6.45, 7) is 1.53. The number of carbonyl (C=O) groups is 1. The molecule has 0 amide bonds. The molecule has 0 spiro atoms. The van der Waals surface area contributed by atoms with Crippen molar-refractivity contribution in [1.82, 2.24) is 9.38 Å². The van der Waals surface area contributed by atoms with Gasteiger partial charge in [-0.05, 0) is 13.0 Å². The van der Waals surface area contributed by atoms with Crippen LogP contribution in [-0.2, 0) is 11.2 Å². The fourth-order valence-electron chi connectivity index (χ4n) is 1.40. The highest BCUT2D eigenvalue weighted by Gasteiger charge is 2.05. The predicted octanol–water partition coefficient (Wildman–Crippen LogP) is 1.17. The molecule has 0 radical (unpaired) electrons. The van der Waals surface area contributed by atoms with Crippen LogP contribution in [0.4, 0.5) is 0 Å². The molecule has 2 heterocycles. The molecule has 0 atom stereocenters. The third kappa shape index (κ3) is 1.46. The van der Waals surface area contributed by atoms with E-state index in [-0.39, 0.29) is 11.5 Å². The van der Waals surface area contributed by atoms with E-state index in [1.54, 1.807) is 28.9 Å². The molecule has 1 N–H and O–H groups in total. The SMILES string of the molecule is CC(=O)Cc1ncc2cc(O)ccn12. The first-order chi connectivity index (χ1) is 6.66. The highest BCUT2D eigenvalue weighted by atomic mass is 16.3. The molecule has 0 aliphatic carbocycles. The number of pyridine rings is 1. The Kier molecular flexibility index (Phi) is 1.96. The molecule has 0 aliphatic rings. The minimum Gasteiger partial charge on any atom is -0.508 e. The number of carbonyl (C=O) groups excluding carboxylic acids is 1. The summed E-state index contributed by atoms with van der Waals surface area (Å²) < 4.78 is 1.79. The van der Waals surface area contributed by atoms with Gasteiger partial charge >= 0.3 is 0 Å². The average molecular weight is 190 g/mol. The Morgan fingerprint density at radius 3 is 3.14 bits per heavy atom. The minimum absolute atomic E-state index is 0.0746. The van der Waals surface area contributed by atoms with Crippen LogP contribution in [0.3, 0.4) is 0 Å². The van der Waals surface area contributed by atoms with Gasteiger partial charge in [0, 0.05) is 12.3 Å². The zero-order valence-corrected chi connectivity index (χ0v) is 7.77. The molecule has 4 nitrogen and oxygen atoms in total. The van der Waals surface area contributed by atoms with Crippen molar-refractivity contribution in [2.75, 3.05) is 0 Å². The van der Waals surface area contributed by atoms with E-state index >= 15 is 0 Å². The molecule has 72 valence electrons. The van der Waals surface area contributed by atoms with E-state index in [0.29, 0.717) is 12.2 Å². The van der Waals surface area contributed by atoms with Crippen molar-refractivity contribution in [3.63, 3.8) is 0 Å². The average Bonchev–Trinajstić information content (AvgIpc) is 2.47. The first-order valence-electron chi connectivity index (χ1n) is 4.31. The Morgan fingerprint density at radius 1 is 1.64 bits per heavy atom. The molecule has 4 heteroatoms. The maximum absolute atomic E-state index is 10.9. The van der Waals surface area contributed by atoms with Gasteiger partial charge in [0.2, 0.25) is 0 Å². The summed E-state index contributed by atoms with van der Waals surface area (Å²) in [5.41, 5.74) is 0.793. The highest BCUT2D eigenvalue weighted by Crippen LogP contribution is 2.14. The van der Waals surface area contributed by atoms with Crippen molar-refractivity contribution >= 4 is 11.3 Å². The van der Waals surface area contributed by atoms with Crippen molar-refractivity contribution in [3.8, 4) is 5.75 Å². The van der Waals surface area contributed by atoms with Gasteiger partial charge < -0.3 is 9.51 Å². The highest BCUT2D eigenvalue weighted by molar-refractivity contribution is 5.77. The number of aromatic nitrogens is 2. The molecule has 2 rings (SSSR count). The minimum atomic E-state index is 0.0746. The summed E-state index contributed by atoms with van der Waals surface area (Å²) in [4.78, 5) is 15.0. The van der Waals surface area contributed by atoms with Crippen LogP contribution in [0.1, 0.15) is 12.7 Å². The molecule has 0 saturated heterocycles.